The molecule has 100 valence electrons. The van der Waals surface area contributed by atoms with Crippen molar-refractivity contribution in [3.05, 3.63) is 11.4 Å². The SMILES string of the molecule is CCOCCCn1nnc(C(N)=S)c1CC1CC1. The molecule has 6 heteroatoms. The third-order valence-electron chi connectivity index (χ3n) is 3.11. The first-order chi connectivity index (χ1) is 8.72. The third-order valence-corrected chi connectivity index (χ3v) is 3.31. The van der Waals surface area contributed by atoms with Crippen LogP contribution in [0, 0.1) is 5.92 Å². The molecule has 0 bridgehead atoms. The Hall–Kier alpha value is -1.01. The molecule has 5 nitrogen and oxygen atoms in total. The van der Waals surface area contributed by atoms with E-state index >= 15 is 0 Å². The molecule has 1 aliphatic rings. The van der Waals surface area contributed by atoms with Gasteiger partial charge in [-0.3, -0.25) is 0 Å². The van der Waals surface area contributed by atoms with Gasteiger partial charge in [0.15, 0.2) is 0 Å². The van der Waals surface area contributed by atoms with E-state index in [0.717, 1.165) is 44.2 Å². The molecular weight excluding hydrogens is 248 g/mol. The largest absolute Gasteiger partial charge is 0.388 e. The first kappa shape index (κ1) is 13.4. The van der Waals surface area contributed by atoms with Crippen molar-refractivity contribution in [1.82, 2.24) is 15.0 Å². The summed E-state index contributed by atoms with van der Waals surface area (Å²) >= 11 is 5.03. The highest BCUT2D eigenvalue weighted by molar-refractivity contribution is 7.80. The van der Waals surface area contributed by atoms with Crippen molar-refractivity contribution in [2.24, 2.45) is 11.7 Å². The van der Waals surface area contributed by atoms with Gasteiger partial charge in [-0.25, -0.2) is 4.68 Å². The summed E-state index contributed by atoms with van der Waals surface area (Å²) in [7, 11) is 0. The molecule has 1 fully saturated rings. The van der Waals surface area contributed by atoms with Gasteiger partial charge in [-0.2, -0.15) is 0 Å². The average molecular weight is 268 g/mol. The minimum absolute atomic E-state index is 0.349. The Morgan fingerprint density at radius 1 is 1.56 bits per heavy atom. The lowest BCUT2D eigenvalue weighted by molar-refractivity contribution is 0.140. The highest BCUT2D eigenvalue weighted by Crippen LogP contribution is 2.33. The highest BCUT2D eigenvalue weighted by Gasteiger charge is 2.26. The first-order valence-corrected chi connectivity index (χ1v) is 6.93. The second-order valence-corrected chi connectivity index (χ2v) is 5.11. The Balaban J connectivity index is 2.00. The molecule has 1 heterocycles. The summed E-state index contributed by atoms with van der Waals surface area (Å²) in [5.74, 6) is 0.766. The number of rotatable bonds is 8. The van der Waals surface area contributed by atoms with Gasteiger partial charge in [0.25, 0.3) is 0 Å². The van der Waals surface area contributed by atoms with E-state index in [1.165, 1.54) is 12.8 Å². The Bertz CT molecular complexity index is 414. The fourth-order valence-electron chi connectivity index (χ4n) is 1.96. The smallest absolute Gasteiger partial charge is 0.143 e. The van der Waals surface area contributed by atoms with E-state index in [2.05, 4.69) is 10.3 Å². The molecule has 1 aromatic rings. The Morgan fingerprint density at radius 3 is 2.94 bits per heavy atom. The summed E-state index contributed by atoms with van der Waals surface area (Å²) < 4.78 is 7.27. The lowest BCUT2D eigenvalue weighted by atomic mass is 10.2. The van der Waals surface area contributed by atoms with Crippen LogP contribution in [-0.4, -0.2) is 33.2 Å². The van der Waals surface area contributed by atoms with E-state index in [9.17, 15) is 0 Å². The van der Waals surface area contributed by atoms with E-state index in [4.69, 9.17) is 22.7 Å². The van der Waals surface area contributed by atoms with Gasteiger partial charge < -0.3 is 10.5 Å². The molecule has 2 rings (SSSR count). The maximum Gasteiger partial charge on any atom is 0.143 e. The van der Waals surface area contributed by atoms with Gasteiger partial charge in [0, 0.05) is 19.8 Å². The lowest BCUT2D eigenvalue weighted by Crippen LogP contribution is -2.15. The van der Waals surface area contributed by atoms with E-state index in [1.54, 1.807) is 0 Å². The maximum absolute atomic E-state index is 5.69. The number of nitrogens with zero attached hydrogens (tertiary/aromatic N) is 3. The average Bonchev–Trinajstić information content (AvgIpc) is 3.05. The van der Waals surface area contributed by atoms with Crippen molar-refractivity contribution >= 4 is 17.2 Å². The number of hydrogen-bond acceptors (Lipinski definition) is 4. The molecule has 18 heavy (non-hydrogen) atoms. The lowest BCUT2D eigenvalue weighted by Gasteiger charge is -2.07. The van der Waals surface area contributed by atoms with Crippen LogP contribution >= 0.6 is 12.2 Å². The van der Waals surface area contributed by atoms with Crippen LogP contribution in [0.5, 0.6) is 0 Å². The van der Waals surface area contributed by atoms with Gasteiger partial charge in [-0.15, -0.1) is 5.10 Å². The van der Waals surface area contributed by atoms with Crippen LogP contribution in [0.3, 0.4) is 0 Å². The summed E-state index contributed by atoms with van der Waals surface area (Å²) in [5.41, 5.74) is 7.49. The van der Waals surface area contributed by atoms with Gasteiger partial charge in [-0.05, 0) is 38.5 Å². The van der Waals surface area contributed by atoms with Gasteiger partial charge in [0.1, 0.15) is 10.7 Å². The molecule has 2 N–H and O–H groups in total. The van der Waals surface area contributed by atoms with E-state index in [-0.39, 0.29) is 0 Å². The van der Waals surface area contributed by atoms with Crippen molar-refractivity contribution in [3.63, 3.8) is 0 Å². The van der Waals surface area contributed by atoms with Crippen LogP contribution in [-0.2, 0) is 17.7 Å². The Morgan fingerprint density at radius 2 is 2.33 bits per heavy atom. The van der Waals surface area contributed by atoms with Gasteiger partial charge in [-0.1, -0.05) is 17.4 Å². The summed E-state index contributed by atoms with van der Waals surface area (Å²) in [6.07, 6.45) is 4.52. The molecule has 0 radical (unpaired) electrons. The molecule has 1 saturated carbocycles. The topological polar surface area (TPSA) is 66.0 Å². The predicted molar refractivity (Wildman–Crippen MR) is 73.4 cm³/mol. The standard InChI is InChI=1S/C12H20N4OS/c1-2-17-7-3-6-16-10(8-9-4-5-9)11(12(13)18)14-15-16/h9H,2-8H2,1H3,(H2,13,18). The van der Waals surface area contributed by atoms with Gasteiger partial charge in [0.05, 0.1) is 5.69 Å². The zero-order valence-corrected chi connectivity index (χ0v) is 11.6. The first-order valence-electron chi connectivity index (χ1n) is 6.52. The molecule has 0 aromatic carbocycles. The van der Waals surface area contributed by atoms with Crippen molar-refractivity contribution < 1.29 is 4.74 Å². The number of aromatic nitrogens is 3. The zero-order valence-electron chi connectivity index (χ0n) is 10.8. The van der Waals surface area contributed by atoms with E-state index < -0.39 is 0 Å². The summed E-state index contributed by atoms with van der Waals surface area (Å²) in [5, 5.41) is 8.26. The van der Waals surface area contributed by atoms with E-state index in [1.807, 2.05) is 11.6 Å². The molecular formula is C12H20N4OS. The number of aryl methyl sites for hydroxylation is 1. The minimum atomic E-state index is 0.349. The molecule has 0 saturated heterocycles. The molecule has 0 amide bonds. The van der Waals surface area contributed by atoms with E-state index in [0.29, 0.717) is 10.7 Å². The predicted octanol–water partition coefficient (Wildman–Crippen LogP) is 1.29. The number of hydrogen-bond donors (Lipinski definition) is 1. The van der Waals surface area contributed by atoms with Crippen molar-refractivity contribution in [3.8, 4) is 0 Å². The third kappa shape index (κ3) is 3.49. The molecule has 0 aliphatic heterocycles. The number of thiocarbonyl (C=S) groups is 1. The monoisotopic (exact) mass is 268 g/mol. The van der Waals surface area contributed by atoms with Gasteiger partial charge in [0.2, 0.25) is 0 Å². The quantitative estimate of drug-likeness (QED) is 0.568. The molecule has 0 atom stereocenters. The second kappa shape index (κ2) is 6.24. The Labute approximate surface area is 113 Å². The van der Waals surface area contributed by atoms with Crippen LogP contribution in [0.15, 0.2) is 0 Å². The fraction of sp³-hybridized carbons (Fsp3) is 0.750. The van der Waals surface area contributed by atoms with Crippen LogP contribution < -0.4 is 5.73 Å². The second-order valence-electron chi connectivity index (χ2n) is 4.67. The molecule has 1 aromatic heterocycles. The van der Waals surface area contributed by atoms with Crippen molar-refractivity contribution in [1.29, 1.82) is 0 Å². The number of ether oxygens (including phenoxy) is 1. The maximum atomic E-state index is 5.69. The highest BCUT2D eigenvalue weighted by atomic mass is 32.1. The Kier molecular flexibility index (Phi) is 4.66. The van der Waals surface area contributed by atoms with Crippen LogP contribution in [0.4, 0.5) is 0 Å². The van der Waals surface area contributed by atoms with Crippen molar-refractivity contribution in [2.75, 3.05) is 13.2 Å². The van der Waals surface area contributed by atoms with Crippen LogP contribution in [0.1, 0.15) is 37.6 Å². The van der Waals surface area contributed by atoms with Crippen LogP contribution in [0.2, 0.25) is 0 Å². The molecule has 0 spiro atoms. The normalized spacial score (nSPS) is 14.9. The van der Waals surface area contributed by atoms with Gasteiger partial charge >= 0.3 is 0 Å². The minimum Gasteiger partial charge on any atom is -0.388 e. The fourth-order valence-corrected chi connectivity index (χ4v) is 2.12. The summed E-state index contributed by atoms with van der Waals surface area (Å²) in [6, 6.07) is 0. The summed E-state index contributed by atoms with van der Waals surface area (Å²) in [6.45, 7) is 4.32. The number of nitrogens with two attached hydrogens (primary N) is 1. The molecule has 0 unspecified atom stereocenters. The molecule has 1 aliphatic carbocycles. The van der Waals surface area contributed by atoms with Crippen molar-refractivity contribution in [2.45, 2.75) is 39.2 Å². The van der Waals surface area contributed by atoms with Crippen LogP contribution in [0.25, 0.3) is 0 Å². The summed E-state index contributed by atoms with van der Waals surface area (Å²) in [4.78, 5) is 0.349. The zero-order chi connectivity index (χ0) is 13.0.